The van der Waals surface area contributed by atoms with E-state index in [1.807, 2.05) is 13.8 Å². The Bertz CT molecular complexity index is 719. The topological polar surface area (TPSA) is 102 Å². The third-order valence-corrected chi connectivity index (χ3v) is 6.13. The lowest BCUT2D eigenvalue weighted by Gasteiger charge is -2.20. The zero-order chi connectivity index (χ0) is 18.6. The largest absolute Gasteiger partial charge is 0.492 e. The number of sulfonamides is 1. The molecule has 26 heavy (non-hydrogen) atoms. The van der Waals surface area contributed by atoms with Crippen molar-refractivity contribution < 1.29 is 17.9 Å². The van der Waals surface area contributed by atoms with Crippen LogP contribution in [0.2, 0.25) is 0 Å². The van der Waals surface area contributed by atoms with E-state index in [4.69, 9.17) is 10.5 Å². The lowest BCUT2D eigenvalue weighted by Crippen LogP contribution is -2.39. The van der Waals surface area contributed by atoms with Gasteiger partial charge in [-0.2, -0.15) is 4.31 Å². The average molecular weight is 406 g/mol. The minimum atomic E-state index is -3.66. The van der Waals surface area contributed by atoms with Crippen LogP contribution in [0.3, 0.4) is 0 Å². The van der Waals surface area contributed by atoms with Gasteiger partial charge < -0.3 is 15.8 Å². The van der Waals surface area contributed by atoms with Gasteiger partial charge >= 0.3 is 0 Å². The van der Waals surface area contributed by atoms with Crippen molar-refractivity contribution in [3.05, 3.63) is 18.2 Å². The van der Waals surface area contributed by atoms with Gasteiger partial charge in [-0.15, -0.1) is 12.4 Å². The number of carbonyl (C=O) groups excluding carboxylic acids is 1. The van der Waals surface area contributed by atoms with Crippen LogP contribution in [-0.4, -0.2) is 44.4 Å². The molecule has 0 spiro atoms. The van der Waals surface area contributed by atoms with Crippen LogP contribution in [0.1, 0.15) is 33.6 Å². The van der Waals surface area contributed by atoms with Crippen LogP contribution in [0.25, 0.3) is 0 Å². The Morgan fingerprint density at radius 3 is 2.46 bits per heavy atom. The SMILES string of the molecule is CCOc1ccc(NC(=O)C(N)C(C)C)cc1S(=O)(=O)N1CCCC1.Cl. The van der Waals surface area contributed by atoms with Gasteiger partial charge in [0.1, 0.15) is 10.6 Å². The van der Waals surface area contributed by atoms with Gasteiger partial charge in [0.05, 0.1) is 12.6 Å². The molecule has 2 rings (SSSR count). The molecule has 148 valence electrons. The fourth-order valence-electron chi connectivity index (χ4n) is 2.66. The van der Waals surface area contributed by atoms with Crippen LogP contribution >= 0.6 is 12.4 Å². The lowest BCUT2D eigenvalue weighted by atomic mass is 10.0. The molecule has 1 heterocycles. The maximum atomic E-state index is 12.9. The molecule has 1 aromatic rings. The Kier molecular flexibility index (Phi) is 8.33. The van der Waals surface area contributed by atoms with Crippen LogP contribution in [0.4, 0.5) is 5.69 Å². The summed E-state index contributed by atoms with van der Waals surface area (Å²) in [6, 6.07) is 3.98. The number of rotatable bonds is 7. The van der Waals surface area contributed by atoms with Crippen molar-refractivity contribution in [1.29, 1.82) is 0 Å². The Morgan fingerprint density at radius 2 is 1.92 bits per heavy atom. The van der Waals surface area contributed by atoms with Gasteiger partial charge in [0.2, 0.25) is 15.9 Å². The number of amides is 1. The first-order chi connectivity index (χ1) is 11.8. The molecule has 0 aliphatic carbocycles. The molecule has 1 aliphatic rings. The van der Waals surface area contributed by atoms with E-state index in [9.17, 15) is 13.2 Å². The second-order valence-electron chi connectivity index (χ2n) is 6.46. The van der Waals surface area contributed by atoms with Gasteiger partial charge in [0.25, 0.3) is 0 Å². The van der Waals surface area contributed by atoms with Gasteiger partial charge in [-0.05, 0) is 43.9 Å². The highest BCUT2D eigenvalue weighted by Gasteiger charge is 2.30. The third kappa shape index (κ3) is 5.09. The fraction of sp³-hybridized carbons (Fsp3) is 0.588. The van der Waals surface area contributed by atoms with E-state index in [0.717, 1.165) is 12.8 Å². The summed E-state index contributed by atoms with van der Waals surface area (Å²) in [6.07, 6.45) is 1.70. The predicted octanol–water partition coefficient (Wildman–Crippen LogP) is 2.21. The van der Waals surface area contributed by atoms with Crippen LogP contribution in [0.15, 0.2) is 23.1 Å². The number of nitrogens with two attached hydrogens (primary N) is 1. The molecule has 7 nitrogen and oxygen atoms in total. The van der Waals surface area contributed by atoms with E-state index < -0.39 is 16.1 Å². The van der Waals surface area contributed by atoms with Gasteiger partial charge in [-0.1, -0.05) is 13.8 Å². The smallest absolute Gasteiger partial charge is 0.246 e. The molecule has 0 aromatic heterocycles. The summed E-state index contributed by atoms with van der Waals surface area (Å²) in [6.45, 7) is 6.86. The number of hydrogen-bond donors (Lipinski definition) is 2. The number of hydrogen-bond acceptors (Lipinski definition) is 5. The highest BCUT2D eigenvalue weighted by atomic mass is 35.5. The minimum absolute atomic E-state index is 0. The fourth-order valence-corrected chi connectivity index (χ4v) is 4.33. The van der Waals surface area contributed by atoms with E-state index in [2.05, 4.69) is 5.32 Å². The summed E-state index contributed by atoms with van der Waals surface area (Å²) in [5, 5.41) is 2.69. The van der Waals surface area contributed by atoms with Gasteiger partial charge in [0.15, 0.2) is 0 Å². The molecule has 3 N–H and O–H groups in total. The molecule has 1 fully saturated rings. The van der Waals surface area contributed by atoms with Crippen LogP contribution in [-0.2, 0) is 14.8 Å². The monoisotopic (exact) mass is 405 g/mol. The maximum absolute atomic E-state index is 12.9. The summed E-state index contributed by atoms with van der Waals surface area (Å²) in [5.41, 5.74) is 6.24. The molecule has 1 amide bonds. The molecule has 1 saturated heterocycles. The first-order valence-corrected chi connectivity index (χ1v) is 10.0. The molecule has 0 saturated carbocycles. The van der Waals surface area contributed by atoms with E-state index in [0.29, 0.717) is 31.1 Å². The van der Waals surface area contributed by atoms with E-state index in [-0.39, 0.29) is 29.1 Å². The quantitative estimate of drug-likeness (QED) is 0.724. The van der Waals surface area contributed by atoms with Crippen molar-refractivity contribution in [3.63, 3.8) is 0 Å². The second-order valence-corrected chi connectivity index (χ2v) is 8.37. The molecule has 0 radical (unpaired) electrons. The van der Waals surface area contributed by atoms with E-state index in [1.54, 1.807) is 19.1 Å². The first-order valence-electron chi connectivity index (χ1n) is 8.60. The number of nitrogens with one attached hydrogen (secondary N) is 1. The number of halogens is 1. The minimum Gasteiger partial charge on any atom is -0.492 e. The van der Waals surface area contributed by atoms with Crippen LogP contribution < -0.4 is 15.8 Å². The Hall–Kier alpha value is -1.35. The summed E-state index contributed by atoms with van der Waals surface area (Å²) in [5.74, 6) is -0.0697. The number of benzene rings is 1. The van der Waals surface area contributed by atoms with Crippen molar-refractivity contribution in [1.82, 2.24) is 4.31 Å². The second kappa shape index (κ2) is 9.55. The van der Waals surface area contributed by atoms with Crippen molar-refractivity contribution in [2.75, 3.05) is 25.0 Å². The molecular weight excluding hydrogens is 378 g/mol. The lowest BCUT2D eigenvalue weighted by molar-refractivity contribution is -0.118. The summed E-state index contributed by atoms with van der Waals surface area (Å²) >= 11 is 0. The molecule has 1 atom stereocenters. The van der Waals surface area contributed by atoms with Crippen LogP contribution in [0.5, 0.6) is 5.75 Å². The average Bonchev–Trinajstić information content (AvgIpc) is 3.10. The van der Waals surface area contributed by atoms with Crippen molar-refractivity contribution in [2.45, 2.75) is 44.6 Å². The maximum Gasteiger partial charge on any atom is 0.246 e. The Balaban J connectivity index is 0.00000338. The number of ether oxygens (including phenoxy) is 1. The molecule has 9 heteroatoms. The molecule has 1 unspecified atom stereocenters. The molecule has 0 bridgehead atoms. The summed E-state index contributed by atoms with van der Waals surface area (Å²) < 4.78 is 32.8. The highest BCUT2D eigenvalue weighted by Crippen LogP contribution is 2.31. The summed E-state index contributed by atoms with van der Waals surface area (Å²) in [4.78, 5) is 12.2. The van der Waals surface area contributed by atoms with Gasteiger partial charge in [-0.3, -0.25) is 4.79 Å². The van der Waals surface area contributed by atoms with E-state index >= 15 is 0 Å². The molecule has 1 aromatic carbocycles. The zero-order valence-corrected chi connectivity index (χ0v) is 17.0. The number of carbonyl (C=O) groups is 1. The first kappa shape index (κ1) is 22.7. The standard InChI is InChI=1S/C17H27N3O4S.ClH/c1-4-24-14-8-7-13(19-17(21)16(18)12(2)3)11-15(14)25(22,23)20-9-5-6-10-20;/h7-8,11-12,16H,4-6,9-10,18H2,1-3H3,(H,19,21);1H. The Labute approximate surface area is 161 Å². The van der Waals surface area contributed by atoms with Gasteiger partial charge in [0, 0.05) is 18.8 Å². The normalized spacial score (nSPS) is 16.2. The van der Waals surface area contributed by atoms with Crippen molar-refractivity contribution >= 4 is 34.0 Å². The van der Waals surface area contributed by atoms with Crippen molar-refractivity contribution in [2.24, 2.45) is 11.7 Å². The van der Waals surface area contributed by atoms with Gasteiger partial charge in [-0.25, -0.2) is 8.42 Å². The van der Waals surface area contributed by atoms with E-state index in [1.165, 1.54) is 10.4 Å². The Morgan fingerprint density at radius 1 is 1.31 bits per heavy atom. The van der Waals surface area contributed by atoms with Crippen molar-refractivity contribution in [3.8, 4) is 5.75 Å². The number of nitrogens with zero attached hydrogens (tertiary/aromatic N) is 1. The zero-order valence-electron chi connectivity index (χ0n) is 15.4. The highest BCUT2D eigenvalue weighted by molar-refractivity contribution is 7.89. The molecule has 1 aliphatic heterocycles. The summed E-state index contributed by atoms with van der Waals surface area (Å²) in [7, 11) is -3.66. The number of anilines is 1. The van der Waals surface area contributed by atoms with Crippen LogP contribution in [0, 0.1) is 5.92 Å². The predicted molar refractivity (Wildman–Crippen MR) is 104 cm³/mol. The molecular formula is C17H28ClN3O4S. The third-order valence-electron chi connectivity index (χ3n) is 4.21.